The van der Waals surface area contributed by atoms with Crippen molar-refractivity contribution in [2.45, 2.75) is 26.2 Å². The summed E-state index contributed by atoms with van der Waals surface area (Å²) in [5.74, 6) is 0. The predicted molar refractivity (Wildman–Crippen MR) is 63.8 cm³/mol. The number of hydrogen-bond donors (Lipinski definition) is 1. The molecular formula is C12H17NS. The molecule has 0 unspecified atom stereocenters. The van der Waals surface area contributed by atoms with Gasteiger partial charge in [0.1, 0.15) is 0 Å². The van der Waals surface area contributed by atoms with Crippen molar-refractivity contribution in [1.82, 2.24) is 5.32 Å². The van der Waals surface area contributed by atoms with Crippen LogP contribution in [0.4, 0.5) is 0 Å². The van der Waals surface area contributed by atoms with E-state index >= 15 is 0 Å². The molecule has 2 heterocycles. The van der Waals surface area contributed by atoms with Crippen LogP contribution in [-0.4, -0.2) is 13.1 Å². The van der Waals surface area contributed by atoms with Gasteiger partial charge in [-0.15, -0.1) is 11.3 Å². The summed E-state index contributed by atoms with van der Waals surface area (Å²) in [6, 6.07) is 4.48. The third kappa shape index (κ3) is 2.46. The molecule has 14 heavy (non-hydrogen) atoms. The molecule has 1 nitrogen and oxygen atoms in total. The fraction of sp³-hybridized carbons (Fsp3) is 0.500. The van der Waals surface area contributed by atoms with Crippen molar-refractivity contribution in [3.05, 3.63) is 27.5 Å². The molecule has 1 aliphatic heterocycles. The Morgan fingerprint density at radius 3 is 3.07 bits per heavy atom. The molecule has 0 spiro atoms. The van der Waals surface area contributed by atoms with E-state index in [2.05, 4.69) is 30.4 Å². The van der Waals surface area contributed by atoms with Crippen molar-refractivity contribution in [1.29, 1.82) is 0 Å². The lowest BCUT2D eigenvalue weighted by Gasteiger charge is -2.14. The molecule has 1 aliphatic rings. The molecule has 2 heteroatoms. The van der Waals surface area contributed by atoms with E-state index in [0.29, 0.717) is 0 Å². The van der Waals surface area contributed by atoms with Gasteiger partial charge in [-0.3, -0.25) is 0 Å². The van der Waals surface area contributed by atoms with Gasteiger partial charge in [-0.2, -0.15) is 0 Å². The summed E-state index contributed by atoms with van der Waals surface area (Å²) in [4.78, 5) is 2.90. The highest BCUT2D eigenvalue weighted by Crippen LogP contribution is 2.21. The van der Waals surface area contributed by atoms with Gasteiger partial charge < -0.3 is 5.32 Å². The number of thiophene rings is 1. The van der Waals surface area contributed by atoms with Gasteiger partial charge in [0, 0.05) is 16.3 Å². The monoisotopic (exact) mass is 207 g/mol. The van der Waals surface area contributed by atoms with Gasteiger partial charge in [0.2, 0.25) is 0 Å². The average molecular weight is 207 g/mol. The first-order chi connectivity index (χ1) is 6.88. The van der Waals surface area contributed by atoms with E-state index in [4.69, 9.17) is 0 Å². The van der Waals surface area contributed by atoms with Crippen molar-refractivity contribution >= 4 is 17.4 Å². The number of piperidine rings is 1. The van der Waals surface area contributed by atoms with Gasteiger partial charge in [0.25, 0.3) is 0 Å². The second-order valence-electron chi connectivity index (χ2n) is 3.74. The second kappa shape index (κ2) is 4.76. The van der Waals surface area contributed by atoms with Gasteiger partial charge in [0.05, 0.1) is 0 Å². The lowest BCUT2D eigenvalue weighted by Crippen LogP contribution is -2.23. The highest BCUT2D eigenvalue weighted by atomic mass is 32.1. The van der Waals surface area contributed by atoms with E-state index in [1.807, 2.05) is 11.3 Å². The minimum atomic E-state index is 1.08. The molecule has 0 aliphatic carbocycles. The Bertz CT molecular complexity index is 317. The zero-order valence-electron chi connectivity index (χ0n) is 8.68. The van der Waals surface area contributed by atoms with E-state index in [9.17, 15) is 0 Å². The summed E-state index contributed by atoms with van der Waals surface area (Å²) in [6.07, 6.45) is 6.08. The summed E-state index contributed by atoms with van der Waals surface area (Å²) >= 11 is 1.92. The Hall–Kier alpha value is -0.600. The molecule has 0 radical (unpaired) electrons. The van der Waals surface area contributed by atoms with Gasteiger partial charge in [0.15, 0.2) is 0 Å². The van der Waals surface area contributed by atoms with E-state index in [1.54, 1.807) is 5.57 Å². The first-order valence-corrected chi connectivity index (χ1v) is 6.19. The smallest absolute Gasteiger partial charge is 0.0273 e. The molecule has 0 saturated carbocycles. The fourth-order valence-corrected chi connectivity index (χ4v) is 2.71. The highest BCUT2D eigenvalue weighted by molar-refractivity contribution is 7.12. The van der Waals surface area contributed by atoms with E-state index < -0.39 is 0 Å². The summed E-state index contributed by atoms with van der Waals surface area (Å²) in [5, 5.41) is 3.41. The van der Waals surface area contributed by atoms with Crippen LogP contribution in [0.1, 0.15) is 29.5 Å². The third-order valence-corrected chi connectivity index (χ3v) is 3.76. The van der Waals surface area contributed by atoms with Crippen LogP contribution in [0.15, 0.2) is 17.7 Å². The highest BCUT2D eigenvalue weighted by Gasteiger charge is 2.04. The zero-order valence-corrected chi connectivity index (χ0v) is 9.49. The maximum atomic E-state index is 3.41. The lowest BCUT2D eigenvalue weighted by atomic mass is 10.1. The fourth-order valence-electron chi connectivity index (χ4n) is 1.76. The average Bonchev–Trinajstić information content (AvgIpc) is 2.67. The molecule has 0 bridgehead atoms. The molecule has 0 atom stereocenters. The van der Waals surface area contributed by atoms with Crippen LogP contribution < -0.4 is 5.32 Å². The Morgan fingerprint density at radius 1 is 1.50 bits per heavy atom. The zero-order chi connectivity index (χ0) is 9.80. The molecular weight excluding hydrogens is 190 g/mol. The molecule has 1 saturated heterocycles. The molecule has 2 rings (SSSR count). The van der Waals surface area contributed by atoms with Gasteiger partial charge in [-0.05, 0) is 44.0 Å². The van der Waals surface area contributed by atoms with Crippen LogP contribution in [0.2, 0.25) is 0 Å². The molecule has 1 aromatic rings. The quantitative estimate of drug-likeness (QED) is 0.786. The number of nitrogens with one attached hydrogen (secondary N) is 1. The number of rotatable bonds is 2. The summed E-state index contributed by atoms with van der Waals surface area (Å²) in [6.45, 7) is 4.48. The van der Waals surface area contributed by atoms with Crippen molar-refractivity contribution in [3.8, 4) is 0 Å². The molecule has 1 fully saturated rings. The van der Waals surface area contributed by atoms with Crippen molar-refractivity contribution in [2.75, 3.05) is 13.1 Å². The minimum absolute atomic E-state index is 1.08. The first-order valence-electron chi connectivity index (χ1n) is 5.37. The largest absolute Gasteiger partial charge is 0.313 e. The lowest BCUT2D eigenvalue weighted by molar-refractivity contribution is 0.613. The molecule has 0 aromatic carbocycles. The van der Waals surface area contributed by atoms with Gasteiger partial charge >= 0.3 is 0 Å². The molecule has 0 amide bonds. The third-order valence-electron chi connectivity index (χ3n) is 2.58. The van der Waals surface area contributed by atoms with Crippen molar-refractivity contribution in [2.24, 2.45) is 0 Å². The number of hydrogen-bond acceptors (Lipinski definition) is 2. The first kappa shape index (κ1) is 9.94. The van der Waals surface area contributed by atoms with Crippen LogP contribution in [0.5, 0.6) is 0 Å². The van der Waals surface area contributed by atoms with Crippen LogP contribution in [0.25, 0.3) is 6.08 Å². The van der Waals surface area contributed by atoms with Crippen molar-refractivity contribution in [3.63, 3.8) is 0 Å². The predicted octanol–water partition coefficient (Wildman–Crippen LogP) is 3.08. The summed E-state index contributed by atoms with van der Waals surface area (Å²) in [5.41, 5.74) is 1.56. The number of aryl methyl sites for hydroxylation is 1. The maximum absolute atomic E-state index is 3.41. The standard InChI is InChI=1S/C12H17NS/c1-2-11-5-6-12(14-11)8-10-4-3-7-13-9-10/h5-6,8,13H,2-4,7,9H2,1H3/b10-8-. The summed E-state index contributed by atoms with van der Waals surface area (Å²) in [7, 11) is 0. The van der Waals surface area contributed by atoms with Crippen LogP contribution in [-0.2, 0) is 6.42 Å². The van der Waals surface area contributed by atoms with Crippen LogP contribution in [0.3, 0.4) is 0 Å². The Balaban J connectivity index is 2.07. The van der Waals surface area contributed by atoms with Crippen molar-refractivity contribution < 1.29 is 0 Å². The normalized spacial score (nSPS) is 20.2. The van der Waals surface area contributed by atoms with Crippen LogP contribution >= 0.6 is 11.3 Å². The SMILES string of the molecule is CCc1ccc(/C=C2/CCCNC2)s1. The Kier molecular flexibility index (Phi) is 3.38. The molecule has 1 N–H and O–H groups in total. The maximum Gasteiger partial charge on any atom is 0.0273 e. The topological polar surface area (TPSA) is 12.0 Å². The van der Waals surface area contributed by atoms with E-state index in [-0.39, 0.29) is 0 Å². The summed E-state index contributed by atoms with van der Waals surface area (Å²) < 4.78 is 0. The van der Waals surface area contributed by atoms with E-state index in [1.165, 1.54) is 29.1 Å². The molecule has 1 aromatic heterocycles. The Morgan fingerprint density at radius 2 is 2.43 bits per heavy atom. The van der Waals surface area contributed by atoms with Gasteiger partial charge in [-0.1, -0.05) is 12.5 Å². The van der Waals surface area contributed by atoms with E-state index in [0.717, 1.165) is 13.0 Å². The van der Waals surface area contributed by atoms with Crippen LogP contribution in [0, 0.1) is 0 Å². The van der Waals surface area contributed by atoms with Gasteiger partial charge in [-0.25, -0.2) is 0 Å². The minimum Gasteiger partial charge on any atom is -0.313 e. The second-order valence-corrected chi connectivity index (χ2v) is 4.94. The molecule has 76 valence electrons. The Labute approximate surface area is 89.8 Å².